The number of pyridine rings is 1. The van der Waals surface area contributed by atoms with Crippen LogP contribution in [0.3, 0.4) is 0 Å². The fraction of sp³-hybridized carbons (Fsp3) is 0.121. The van der Waals surface area contributed by atoms with Gasteiger partial charge in [0.2, 0.25) is 11.3 Å². The molecule has 0 bridgehead atoms. The van der Waals surface area contributed by atoms with Gasteiger partial charge in [0, 0.05) is 34.8 Å². The average molecular weight is 596 g/mol. The van der Waals surface area contributed by atoms with Crippen LogP contribution in [0, 0.1) is 5.41 Å². The summed E-state index contributed by atoms with van der Waals surface area (Å²) in [5.74, 6) is -1.85. The number of carbonyl (C=O) groups is 3. The van der Waals surface area contributed by atoms with Gasteiger partial charge in [-0.1, -0.05) is 66.7 Å². The lowest BCUT2D eigenvalue weighted by Gasteiger charge is -2.27. The number of fused-ring (bicyclic) bond motifs is 2. The molecule has 218 valence electrons. The van der Waals surface area contributed by atoms with E-state index in [1.54, 1.807) is 92.0 Å². The minimum Gasteiger partial charge on any atom is -0.464 e. The number of esters is 1. The van der Waals surface area contributed by atoms with Crippen molar-refractivity contribution in [1.29, 1.82) is 5.41 Å². The molecule has 0 aliphatic heterocycles. The number of hydrogen-bond donors (Lipinski definition) is 4. The number of amides is 1. The second-order valence-electron chi connectivity index (χ2n) is 9.77. The number of ether oxygens (including phenoxy) is 1. The largest absolute Gasteiger partial charge is 0.464 e. The van der Waals surface area contributed by atoms with Crippen LogP contribution in [0.2, 0.25) is 0 Å². The van der Waals surface area contributed by atoms with Crippen LogP contribution in [0.4, 0.5) is 0 Å². The van der Waals surface area contributed by atoms with Gasteiger partial charge in [0.1, 0.15) is 5.84 Å². The lowest BCUT2D eigenvalue weighted by atomic mass is 9.81. The van der Waals surface area contributed by atoms with E-state index in [0.717, 1.165) is 10.9 Å². The van der Waals surface area contributed by atoms with Gasteiger partial charge in [0.25, 0.3) is 5.91 Å². The van der Waals surface area contributed by atoms with Gasteiger partial charge in [-0.3, -0.25) is 20.0 Å². The highest BCUT2D eigenvalue weighted by Gasteiger charge is 2.46. The number of aromatic nitrogens is 1. The van der Waals surface area contributed by atoms with Gasteiger partial charge < -0.3 is 21.5 Å². The number of nitrogen functional groups attached to an aromatic ring is 1. The van der Waals surface area contributed by atoms with E-state index in [2.05, 4.69) is 10.3 Å². The van der Waals surface area contributed by atoms with Crippen molar-refractivity contribution in [2.75, 3.05) is 6.61 Å². The molecule has 0 aliphatic carbocycles. The summed E-state index contributed by atoms with van der Waals surface area (Å²) >= 11 is 0. The Balaban J connectivity index is 0.00000423. The number of Topliss-reactive ketones (excluding diaryl/α,β-unsaturated/α-hetero) is 1. The molecular weight excluding hydrogens is 566 g/mol. The molecule has 0 saturated carbocycles. The van der Waals surface area contributed by atoms with Crippen LogP contribution in [0.15, 0.2) is 97.2 Å². The van der Waals surface area contributed by atoms with Crippen LogP contribution in [0.25, 0.3) is 21.7 Å². The number of para-hydroxylation sites is 1. The summed E-state index contributed by atoms with van der Waals surface area (Å²) in [6.45, 7) is 1.95. The Kier molecular flexibility index (Phi) is 9.18. The van der Waals surface area contributed by atoms with Crippen molar-refractivity contribution in [2.45, 2.75) is 19.0 Å². The molecule has 0 aliphatic rings. The van der Waals surface area contributed by atoms with Crippen LogP contribution >= 0.6 is 12.4 Å². The molecule has 6 N–H and O–H groups in total. The third kappa shape index (κ3) is 5.94. The lowest BCUT2D eigenvalue weighted by Crippen LogP contribution is -2.53. The Labute approximate surface area is 254 Å². The van der Waals surface area contributed by atoms with E-state index in [-0.39, 0.29) is 48.4 Å². The highest BCUT2D eigenvalue weighted by atomic mass is 35.5. The minimum absolute atomic E-state index is 0. The van der Waals surface area contributed by atoms with Gasteiger partial charge in [-0.15, -0.1) is 12.4 Å². The second kappa shape index (κ2) is 12.8. The van der Waals surface area contributed by atoms with Gasteiger partial charge in [-0.05, 0) is 53.1 Å². The summed E-state index contributed by atoms with van der Waals surface area (Å²) in [5.41, 5.74) is 12.8. The van der Waals surface area contributed by atoms with Gasteiger partial charge >= 0.3 is 5.97 Å². The number of benzene rings is 4. The van der Waals surface area contributed by atoms with Crippen molar-refractivity contribution in [1.82, 2.24) is 10.3 Å². The predicted molar refractivity (Wildman–Crippen MR) is 168 cm³/mol. The Morgan fingerprint density at radius 3 is 2.28 bits per heavy atom. The summed E-state index contributed by atoms with van der Waals surface area (Å²) in [4.78, 5) is 44.9. The molecule has 43 heavy (non-hydrogen) atoms. The Hall–Kier alpha value is -5.12. The number of amidine groups is 1. The van der Waals surface area contributed by atoms with Crippen LogP contribution in [0.5, 0.6) is 0 Å². The molecule has 1 unspecified atom stereocenters. The predicted octanol–water partition coefficient (Wildman–Crippen LogP) is 4.62. The molecule has 5 rings (SSSR count). The molecular formula is C33H30ClN5O4. The van der Waals surface area contributed by atoms with E-state index in [1.165, 1.54) is 0 Å². The first kappa shape index (κ1) is 30.8. The van der Waals surface area contributed by atoms with E-state index in [9.17, 15) is 14.4 Å². The van der Waals surface area contributed by atoms with Crippen molar-refractivity contribution < 1.29 is 19.1 Å². The maximum Gasteiger partial charge on any atom is 0.339 e. The van der Waals surface area contributed by atoms with Crippen LogP contribution < -0.4 is 16.8 Å². The van der Waals surface area contributed by atoms with E-state index in [4.69, 9.17) is 21.6 Å². The summed E-state index contributed by atoms with van der Waals surface area (Å²) < 4.78 is 5.30. The number of halogens is 1. The van der Waals surface area contributed by atoms with Crippen molar-refractivity contribution in [3.05, 3.63) is 125 Å². The molecule has 5 aromatic rings. The van der Waals surface area contributed by atoms with E-state index < -0.39 is 17.3 Å². The SMILES string of the molecule is CCOC(=O)C(N)(C(=O)c1cccc2cccnc12)c1ccc2c(C(=O)NCc3ccc(C(=N)N)cc3)cccc2c1.Cl. The molecule has 1 heterocycles. The third-order valence-corrected chi connectivity index (χ3v) is 7.13. The maximum atomic E-state index is 14.0. The molecule has 4 aromatic carbocycles. The van der Waals surface area contributed by atoms with Crippen LogP contribution in [-0.2, 0) is 21.6 Å². The standard InChI is InChI=1S/C33H29N5O4.ClH/c1-2-42-32(41)33(36,29(39)27-10-3-6-21-8-5-17-37-28(21)27)24-15-16-25-23(18-24)7-4-9-26(25)31(40)38-19-20-11-13-22(14-12-20)30(34)35;/h3-18H,2,19,36H2,1H3,(H3,34,35)(H,38,40);1H. The molecule has 0 radical (unpaired) electrons. The molecule has 1 atom stereocenters. The van der Waals surface area contributed by atoms with Crippen molar-refractivity contribution in [2.24, 2.45) is 11.5 Å². The number of nitrogens with zero attached hydrogens (tertiary/aromatic N) is 1. The number of ketones is 1. The smallest absolute Gasteiger partial charge is 0.339 e. The third-order valence-electron chi connectivity index (χ3n) is 7.13. The average Bonchev–Trinajstić information content (AvgIpc) is 3.02. The molecule has 9 nitrogen and oxygen atoms in total. The number of nitrogens with one attached hydrogen (secondary N) is 2. The van der Waals surface area contributed by atoms with Crippen molar-refractivity contribution in [3.8, 4) is 0 Å². The fourth-order valence-electron chi connectivity index (χ4n) is 4.89. The van der Waals surface area contributed by atoms with Gasteiger partial charge in [-0.25, -0.2) is 4.79 Å². The molecule has 0 saturated heterocycles. The fourth-order valence-corrected chi connectivity index (χ4v) is 4.89. The number of rotatable bonds is 9. The van der Waals surface area contributed by atoms with Crippen LogP contribution in [0.1, 0.15) is 44.3 Å². The highest BCUT2D eigenvalue weighted by Crippen LogP contribution is 2.31. The summed E-state index contributed by atoms with van der Waals surface area (Å²) in [5, 5.41) is 12.4. The first-order chi connectivity index (χ1) is 20.2. The van der Waals surface area contributed by atoms with Gasteiger partial charge in [0.05, 0.1) is 12.1 Å². The molecule has 0 fully saturated rings. The monoisotopic (exact) mass is 595 g/mol. The van der Waals surface area contributed by atoms with E-state index in [1.807, 2.05) is 12.1 Å². The Morgan fingerprint density at radius 2 is 1.58 bits per heavy atom. The van der Waals surface area contributed by atoms with Gasteiger partial charge in [0.15, 0.2) is 0 Å². The zero-order chi connectivity index (χ0) is 29.9. The van der Waals surface area contributed by atoms with E-state index >= 15 is 0 Å². The van der Waals surface area contributed by atoms with Gasteiger partial charge in [-0.2, -0.15) is 0 Å². The Morgan fingerprint density at radius 1 is 0.907 bits per heavy atom. The zero-order valence-corrected chi connectivity index (χ0v) is 24.1. The lowest BCUT2D eigenvalue weighted by molar-refractivity contribution is -0.147. The zero-order valence-electron chi connectivity index (χ0n) is 23.3. The minimum atomic E-state index is -2.15. The maximum absolute atomic E-state index is 14.0. The number of carbonyl (C=O) groups excluding carboxylic acids is 3. The number of nitrogens with two attached hydrogens (primary N) is 2. The van der Waals surface area contributed by atoms with E-state index in [0.29, 0.717) is 27.4 Å². The quantitative estimate of drug-likeness (QED) is 0.0635. The summed E-state index contributed by atoms with van der Waals surface area (Å²) in [6.07, 6.45) is 1.57. The topological polar surface area (TPSA) is 161 Å². The van der Waals surface area contributed by atoms with Crippen molar-refractivity contribution in [3.63, 3.8) is 0 Å². The molecule has 0 spiro atoms. The first-order valence-electron chi connectivity index (χ1n) is 13.3. The second-order valence-corrected chi connectivity index (χ2v) is 9.77. The molecule has 1 aromatic heterocycles. The first-order valence-corrected chi connectivity index (χ1v) is 13.3. The normalized spacial score (nSPS) is 12.1. The summed E-state index contributed by atoms with van der Waals surface area (Å²) in [6, 6.07) is 25.9. The molecule has 10 heteroatoms. The number of hydrogen-bond acceptors (Lipinski definition) is 7. The summed E-state index contributed by atoms with van der Waals surface area (Å²) in [7, 11) is 0. The van der Waals surface area contributed by atoms with Crippen LogP contribution in [-0.4, -0.2) is 35.1 Å². The van der Waals surface area contributed by atoms with Crippen molar-refractivity contribution >= 4 is 57.6 Å². The Bertz CT molecular complexity index is 1850. The highest BCUT2D eigenvalue weighted by molar-refractivity contribution is 6.21. The molecule has 1 amide bonds.